The Morgan fingerprint density at radius 2 is 2.28 bits per heavy atom. The van der Waals surface area contributed by atoms with E-state index in [1.807, 2.05) is 0 Å². The van der Waals surface area contributed by atoms with Crippen molar-refractivity contribution in [3.8, 4) is 5.75 Å². The van der Waals surface area contributed by atoms with E-state index < -0.39 is 4.92 Å². The molecule has 0 aliphatic rings. The first kappa shape index (κ1) is 12.4. The Balaban J connectivity index is 2.06. The lowest BCUT2D eigenvalue weighted by atomic mass is 10.3. The highest BCUT2D eigenvalue weighted by atomic mass is 35.5. The predicted octanol–water partition coefficient (Wildman–Crippen LogP) is 3.12. The summed E-state index contributed by atoms with van der Waals surface area (Å²) < 4.78 is 10.3. The second kappa shape index (κ2) is 5.05. The lowest BCUT2D eigenvalue weighted by Gasteiger charge is -2.04. The predicted molar refractivity (Wildman–Crippen MR) is 63.7 cm³/mol. The van der Waals surface area contributed by atoms with Crippen LogP contribution in [-0.4, -0.2) is 10.1 Å². The molecule has 2 aromatic rings. The van der Waals surface area contributed by atoms with E-state index in [0.717, 1.165) is 5.69 Å². The van der Waals surface area contributed by atoms with Gasteiger partial charge >= 0.3 is 0 Å². The maximum atomic E-state index is 10.6. The van der Waals surface area contributed by atoms with E-state index in [1.165, 1.54) is 18.2 Å². The minimum Gasteiger partial charge on any atom is -0.485 e. The van der Waals surface area contributed by atoms with Gasteiger partial charge in [0, 0.05) is 18.2 Å². The van der Waals surface area contributed by atoms with Crippen molar-refractivity contribution in [1.82, 2.24) is 5.16 Å². The third-order valence-corrected chi connectivity index (χ3v) is 2.48. The van der Waals surface area contributed by atoms with E-state index in [9.17, 15) is 10.1 Å². The second-order valence-electron chi connectivity index (χ2n) is 3.59. The van der Waals surface area contributed by atoms with Crippen molar-refractivity contribution in [3.63, 3.8) is 0 Å². The number of hydrogen-bond donors (Lipinski definition) is 0. The first-order valence-electron chi connectivity index (χ1n) is 5.05. The molecule has 0 aliphatic heterocycles. The monoisotopic (exact) mass is 268 g/mol. The molecule has 6 nitrogen and oxygen atoms in total. The fourth-order valence-electron chi connectivity index (χ4n) is 1.36. The van der Waals surface area contributed by atoms with Crippen molar-refractivity contribution in [2.24, 2.45) is 0 Å². The molecule has 0 unspecified atom stereocenters. The number of aryl methyl sites for hydroxylation is 1. The zero-order chi connectivity index (χ0) is 13.1. The molecule has 7 heteroatoms. The minimum absolute atomic E-state index is 0.0336. The van der Waals surface area contributed by atoms with Crippen LogP contribution in [0.25, 0.3) is 0 Å². The fourth-order valence-corrected chi connectivity index (χ4v) is 1.60. The molecule has 1 aromatic carbocycles. The highest BCUT2D eigenvalue weighted by Gasteiger charge is 2.12. The van der Waals surface area contributed by atoms with E-state index in [-0.39, 0.29) is 17.3 Å². The minimum atomic E-state index is -0.550. The Kier molecular flexibility index (Phi) is 3.47. The van der Waals surface area contributed by atoms with E-state index >= 15 is 0 Å². The molecule has 0 aliphatic carbocycles. The Bertz CT molecular complexity index is 582. The van der Waals surface area contributed by atoms with Crippen LogP contribution in [0.4, 0.5) is 5.69 Å². The second-order valence-corrected chi connectivity index (χ2v) is 4.00. The molecule has 0 saturated heterocycles. The first-order chi connectivity index (χ1) is 8.56. The topological polar surface area (TPSA) is 78.4 Å². The van der Waals surface area contributed by atoms with Crippen molar-refractivity contribution >= 4 is 17.3 Å². The summed E-state index contributed by atoms with van der Waals surface area (Å²) in [5, 5.41) is 14.3. The van der Waals surface area contributed by atoms with Gasteiger partial charge in [0.2, 0.25) is 0 Å². The Morgan fingerprint density at radius 1 is 1.50 bits per heavy atom. The van der Waals surface area contributed by atoms with E-state index in [4.69, 9.17) is 20.9 Å². The summed E-state index contributed by atoms with van der Waals surface area (Å²) in [6, 6.07) is 5.91. The third-order valence-electron chi connectivity index (χ3n) is 2.17. The highest BCUT2D eigenvalue weighted by molar-refractivity contribution is 6.32. The molecule has 0 atom stereocenters. The van der Waals surface area contributed by atoms with Gasteiger partial charge in [-0.2, -0.15) is 0 Å². The van der Waals surface area contributed by atoms with E-state index in [1.54, 1.807) is 13.0 Å². The molecule has 0 amide bonds. The van der Waals surface area contributed by atoms with Crippen LogP contribution in [0.15, 0.2) is 28.8 Å². The zero-order valence-electron chi connectivity index (χ0n) is 9.42. The quantitative estimate of drug-likeness (QED) is 0.629. The maximum Gasteiger partial charge on any atom is 0.288 e. The molecule has 1 aromatic heterocycles. The summed E-state index contributed by atoms with van der Waals surface area (Å²) in [6.07, 6.45) is 0. The average Bonchev–Trinajstić information content (AvgIpc) is 2.72. The average molecular weight is 269 g/mol. The van der Waals surface area contributed by atoms with Crippen molar-refractivity contribution in [2.45, 2.75) is 13.5 Å². The Morgan fingerprint density at radius 3 is 2.83 bits per heavy atom. The number of benzene rings is 1. The van der Waals surface area contributed by atoms with Crippen LogP contribution in [0.2, 0.25) is 5.02 Å². The lowest BCUT2D eigenvalue weighted by molar-refractivity contribution is -0.384. The maximum absolute atomic E-state index is 10.6. The van der Waals surface area contributed by atoms with Gasteiger partial charge in [-0.1, -0.05) is 16.8 Å². The summed E-state index contributed by atoms with van der Waals surface area (Å²) in [6.45, 7) is 1.99. The van der Waals surface area contributed by atoms with E-state index in [2.05, 4.69) is 5.16 Å². The number of rotatable bonds is 4. The van der Waals surface area contributed by atoms with Gasteiger partial charge in [0.05, 0.1) is 10.6 Å². The van der Waals surface area contributed by atoms with Gasteiger partial charge in [-0.3, -0.25) is 10.1 Å². The van der Waals surface area contributed by atoms with Crippen LogP contribution >= 0.6 is 11.6 Å². The molecular formula is C11H9ClN2O4. The first-order valence-corrected chi connectivity index (χ1v) is 5.43. The van der Waals surface area contributed by atoms with Crippen molar-refractivity contribution < 1.29 is 14.2 Å². The Labute approximate surface area is 107 Å². The smallest absolute Gasteiger partial charge is 0.288 e. The van der Waals surface area contributed by atoms with Gasteiger partial charge < -0.3 is 9.26 Å². The van der Waals surface area contributed by atoms with Gasteiger partial charge in [0.15, 0.2) is 5.76 Å². The van der Waals surface area contributed by atoms with Gasteiger partial charge in [-0.25, -0.2) is 0 Å². The normalized spacial score (nSPS) is 10.3. The zero-order valence-corrected chi connectivity index (χ0v) is 10.2. The summed E-state index contributed by atoms with van der Waals surface area (Å²) in [5.41, 5.74) is 0.606. The number of halogens is 1. The molecule has 0 N–H and O–H groups in total. The molecule has 0 saturated carbocycles. The number of nitro benzene ring substituents is 1. The van der Waals surface area contributed by atoms with Crippen LogP contribution in [-0.2, 0) is 6.61 Å². The molecule has 18 heavy (non-hydrogen) atoms. The molecule has 0 bridgehead atoms. The summed E-state index contributed by atoms with van der Waals surface area (Å²) in [5.74, 6) is 1.00. The van der Waals surface area contributed by atoms with Gasteiger partial charge in [-0.05, 0) is 13.0 Å². The van der Waals surface area contributed by atoms with Crippen molar-refractivity contribution in [2.75, 3.05) is 0 Å². The van der Waals surface area contributed by atoms with Crippen LogP contribution in [0, 0.1) is 17.0 Å². The fraction of sp³-hybridized carbons (Fsp3) is 0.182. The van der Waals surface area contributed by atoms with Gasteiger partial charge in [0.1, 0.15) is 17.4 Å². The number of nitrogens with zero attached hydrogens (tertiary/aromatic N) is 2. The molecule has 0 spiro atoms. The largest absolute Gasteiger partial charge is 0.485 e. The summed E-state index contributed by atoms with van der Waals surface area (Å²) in [7, 11) is 0. The van der Waals surface area contributed by atoms with Crippen LogP contribution in [0.3, 0.4) is 0 Å². The van der Waals surface area contributed by atoms with Crippen molar-refractivity contribution in [1.29, 1.82) is 0 Å². The lowest BCUT2D eigenvalue weighted by Crippen LogP contribution is -1.95. The van der Waals surface area contributed by atoms with Crippen molar-refractivity contribution in [3.05, 3.63) is 50.9 Å². The number of hydrogen-bond acceptors (Lipinski definition) is 5. The Hall–Kier alpha value is -2.08. The number of nitro groups is 1. The highest BCUT2D eigenvalue weighted by Crippen LogP contribution is 2.28. The SMILES string of the molecule is Cc1cc(COc2ccc([N+](=O)[O-])c(Cl)c2)on1. The summed E-state index contributed by atoms with van der Waals surface area (Å²) >= 11 is 5.75. The molecular weight excluding hydrogens is 260 g/mol. The number of aromatic nitrogens is 1. The molecule has 0 fully saturated rings. The molecule has 94 valence electrons. The van der Waals surface area contributed by atoms with Gasteiger partial charge in [-0.15, -0.1) is 0 Å². The molecule has 2 rings (SSSR count). The van der Waals surface area contributed by atoms with Gasteiger partial charge in [0.25, 0.3) is 5.69 Å². The molecule has 0 radical (unpaired) electrons. The van der Waals surface area contributed by atoms with E-state index in [0.29, 0.717) is 11.5 Å². The van der Waals surface area contributed by atoms with Crippen LogP contribution in [0.1, 0.15) is 11.5 Å². The molecule has 1 heterocycles. The standard InChI is InChI=1S/C11H9ClN2O4/c1-7-4-9(18-13-7)6-17-8-2-3-11(14(15)16)10(12)5-8/h2-5H,6H2,1H3. The number of ether oxygens (including phenoxy) is 1. The third kappa shape index (κ3) is 2.78. The van der Waals surface area contributed by atoms with Crippen LogP contribution < -0.4 is 4.74 Å². The van der Waals surface area contributed by atoms with Crippen LogP contribution in [0.5, 0.6) is 5.75 Å². The summed E-state index contributed by atoms with van der Waals surface area (Å²) in [4.78, 5) is 10.0.